The zero-order valence-electron chi connectivity index (χ0n) is 15.9. The van der Waals surface area contributed by atoms with Crippen molar-refractivity contribution in [1.29, 1.82) is 0 Å². The lowest BCUT2D eigenvalue weighted by Gasteiger charge is -2.18. The summed E-state index contributed by atoms with van der Waals surface area (Å²) in [4.78, 5) is 23.7. The highest BCUT2D eigenvalue weighted by atomic mass is 19.2. The van der Waals surface area contributed by atoms with Crippen molar-refractivity contribution in [3.8, 4) is 11.3 Å². The molecule has 0 radical (unpaired) electrons. The Hall–Kier alpha value is -3.72. The predicted molar refractivity (Wildman–Crippen MR) is 106 cm³/mol. The van der Waals surface area contributed by atoms with Crippen LogP contribution in [0.4, 0.5) is 13.2 Å². The molecule has 1 aliphatic rings. The summed E-state index contributed by atoms with van der Waals surface area (Å²) in [6.45, 7) is 0. The number of benzene rings is 1. The number of pyridine rings is 2. The zero-order valence-corrected chi connectivity index (χ0v) is 15.9. The van der Waals surface area contributed by atoms with Gasteiger partial charge in [0.2, 0.25) is 0 Å². The van der Waals surface area contributed by atoms with Gasteiger partial charge in [-0.05, 0) is 29.8 Å². The van der Waals surface area contributed by atoms with Crippen LogP contribution in [0.5, 0.6) is 0 Å². The van der Waals surface area contributed by atoms with E-state index in [9.17, 15) is 23.1 Å². The van der Waals surface area contributed by atoms with E-state index >= 15 is 0 Å². The number of amides is 1. The van der Waals surface area contributed by atoms with Crippen LogP contribution in [0.15, 0.2) is 48.9 Å². The number of aromatic amines is 1. The van der Waals surface area contributed by atoms with Crippen molar-refractivity contribution in [2.45, 2.75) is 18.6 Å². The van der Waals surface area contributed by atoms with E-state index in [0.717, 1.165) is 6.07 Å². The number of nitrogens with zero attached hydrogens (tertiary/aromatic N) is 2. The summed E-state index contributed by atoms with van der Waals surface area (Å²) in [5.74, 6) is -3.20. The lowest BCUT2D eigenvalue weighted by atomic mass is 10.1. The maximum atomic E-state index is 14.3. The van der Waals surface area contributed by atoms with Gasteiger partial charge in [-0.2, -0.15) is 0 Å². The van der Waals surface area contributed by atoms with Crippen LogP contribution in [0.2, 0.25) is 0 Å². The molecule has 3 N–H and O–H groups in total. The van der Waals surface area contributed by atoms with Crippen molar-refractivity contribution < 1.29 is 23.1 Å². The van der Waals surface area contributed by atoms with Crippen molar-refractivity contribution in [1.82, 2.24) is 20.3 Å². The topological polar surface area (TPSA) is 90.9 Å². The predicted octanol–water partition coefficient (Wildman–Crippen LogP) is 3.43. The monoisotopic (exact) mass is 424 g/mol. The number of hydrogen-bond acceptors (Lipinski definition) is 4. The molecule has 1 aromatic carbocycles. The minimum absolute atomic E-state index is 0.0486. The normalized spacial score (nSPS) is 17.7. The molecule has 0 saturated carbocycles. The van der Waals surface area contributed by atoms with Gasteiger partial charge in [-0.25, -0.2) is 18.2 Å². The van der Waals surface area contributed by atoms with Crippen LogP contribution in [-0.4, -0.2) is 32.1 Å². The van der Waals surface area contributed by atoms with Gasteiger partial charge in [-0.3, -0.25) is 9.78 Å². The second-order valence-corrected chi connectivity index (χ2v) is 7.31. The number of nitrogens with one attached hydrogen (secondary N) is 2. The zero-order chi connectivity index (χ0) is 21.7. The average molecular weight is 424 g/mol. The summed E-state index contributed by atoms with van der Waals surface area (Å²) in [6, 6.07) is 5.97. The largest absolute Gasteiger partial charge is 0.390 e. The van der Waals surface area contributed by atoms with E-state index in [2.05, 4.69) is 20.3 Å². The number of rotatable bonds is 3. The Bertz CT molecular complexity index is 1320. The van der Waals surface area contributed by atoms with Crippen LogP contribution < -0.4 is 5.32 Å². The van der Waals surface area contributed by atoms with Crippen molar-refractivity contribution in [3.05, 3.63) is 83.1 Å². The van der Waals surface area contributed by atoms with Gasteiger partial charge in [0.15, 0.2) is 17.5 Å². The summed E-state index contributed by atoms with van der Waals surface area (Å²) >= 11 is 0. The van der Waals surface area contributed by atoms with E-state index in [4.69, 9.17) is 0 Å². The number of carbonyl (C=O) groups is 1. The molecule has 6 nitrogen and oxygen atoms in total. The fourth-order valence-electron chi connectivity index (χ4n) is 3.97. The molecular formula is C22H15F3N4O2. The molecule has 3 heterocycles. The minimum Gasteiger partial charge on any atom is -0.390 e. The lowest BCUT2D eigenvalue weighted by molar-refractivity contribution is 0.0855. The van der Waals surface area contributed by atoms with Crippen molar-refractivity contribution >= 4 is 16.9 Å². The van der Waals surface area contributed by atoms with Gasteiger partial charge in [0.1, 0.15) is 5.65 Å². The van der Waals surface area contributed by atoms with Crippen molar-refractivity contribution in [2.75, 3.05) is 0 Å². The molecule has 3 aromatic heterocycles. The standard InChI is InChI=1S/C22H15F3N4O2/c23-13-3-1-10-7-16(30)20(17(10)19(13)25)29-22(31)11-2-4-15(27-8-11)12-5-6-26-21-18(12)14(24)9-28-21/h1-6,8-9,16,20,30H,7H2,(H,26,28)(H,29,31)/t16-,20-/m0/s1. The molecule has 1 amide bonds. The molecular weight excluding hydrogens is 409 g/mol. The molecule has 0 aliphatic heterocycles. The van der Waals surface area contributed by atoms with E-state index in [1.807, 2.05) is 0 Å². The number of carbonyl (C=O) groups excluding carboxylic acids is 1. The van der Waals surface area contributed by atoms with E-state index in [1.165, 1.54) is 30.7 Å². The summed E-state index contributed by atoms with van der Waals surface area (Å²) in [5, 5.41) is 13.1. The Morgan fingerprint density at radius 1 is 1.10 bits per heavy atom. The SMILES string of the molecule is O=C(N[C@@H]1c2c(ccc(F)c2F)C[C@@H]1O)c1ccc(-c2ccnc3[nH]cc(F)c23)nc1. The molecule has 0 saturated heterocycles. The third kappa shape index (κ3) is 3.14. The second kappa shape index (κ2) is 7.21. The third-order valence-electron chi connectivity index (χ3n) is 5.46. The van der Waals surface area contributed by atoms with Gasteiger partial charge in [-0.15, -0.1) is 0 Å². The molecule has 4 aromatic rings. The fraction of sp³-hybridized carbons (Fsp3) is 0.136. The van der Waals surface area contributed by atoms with Gasteiger partial charge < -0.3 is 15.4 Å². The van der Waals surface area contributed by atoms with Crippen LogP contribution in [0.3, 0.4) is 0 Å². The number of H-pyrrole nitrogens is 1. The molecule has 5 rings (SSSR count). The van der Waals surface area contributed by atoms with Crippen LogP contribution in [-0.2, 0) is 6.42 Å². The second-order valence-electron chi connectivity index (χ2n) is 7.31. The number of halogens is 3. The minimum atomic E-state index is -1.08. The maximum Gasteiger partial charge on any atom is 0.253 e. The highest BCUT2D eigenvalue weighted by Crippen LogP contribution is 2.35. The Balaban J connectivity index is 1.42. The molecule has 1 aliphatic carbocycles. The van der Waals surface area contributed by atoms with Gasteiger partial charge in [-0.1, -0.05) is 6.07 Å². The lowest BCUT2D eigenvalue weighted by Crippen LogP contribution is -2.34. The summed E-state index contributed by atoms with van der Waals surface area (Å²) in [7, 11) is 0. The summed E-state index contributed by atoms with van der Waals surface area (Å²) in [5.41, 5.74) is 1.87. The molecule has 156 valence electrons. The summed E-state index contributed by atoms with van der Waals surface area (Å²) < 4.78 is 42.0. The average Bonchev–Trinajstić information content (AvgIpc) is 3.31. The Kier molecular flexibility index (Phi) is 4.48. The number of hydrogen-bond donors (Lipinski definition) is 3. The molecule has 9 heteroatoms. The molecule has 0 fully saturated rings. The van der Waals surface area contributed by atoms with Gasteiger partial charge in [0.25, 0.3) is 5.91 Å². The number of aromatic nitrogens is 3. The Morgan fingerprint density at radius 2 is 1.94 bits per heavy atom. The quantitative estimate of drug-likeness (QED) is 0.470. The van der Waals surface area contributed by atoms with E-state index in [1.54, 1.807) is 12.1 Å². The number of aliphatic hydroxyl groups is 1. The Morgan fingerprint density at radius 3 is 2.71 bits per heavy atom. The summed E-state index contributed by atoms with van der Waals surface area (Å²) in [6.07, 6.45) is 3.04. The highest BCUT2D eigenvalue weighted by molar-refractivity contribution is 5.96. The first-order valence-corrected chi connectivity index (χ1v) is 9.47. The van der Waals surface area contributed by atoms with E-state index in [-0.39, 0.29) is 22.9 Å². The highest BCUT2D eigenvalue weighted by Gasteiger charge is 2.36. The first kappa shape index (κ1) is 19.3. The third-order valence-corrected chi connectivity index (χ3v) is 5.46. The fourth-order valence-corrected chi connectivity index (χ4v) is 3.97. The van der Waals surface area contributed by atoms with Crippen LogP contribution >= 0.6 is 0 Å². The van der Waals surface area contributed by atoms with Crippen molar-refractivity contribution in [3.63, 3.8) is 0 Å². The number of aliphatic hydroxyl groups excluding tert-OH is 1. The first-order valence-electron chi connectivity index (χ1n) is 9.47. The van der Waals surface area contributed by atoms with Crippen LogP contribution in [0.25, 0.3) is 22.3 Å². The van der Waals surface area contributed by atoms with Gasteiger partial charge in [0, 0.05) is 36.1 Å². The number of fused-ring (bicyclic) bond motifs is 2. The maximum absolute atomic E-state index is 14.3. The Labute approximate surface area is 173 Å². The van der Waals surface area contributed by atoms with E-state index in [0.29, 0.717) is 22.5 Å². The molecule has 2 atom stereocenters. The van der Waals surface area contributed by atoms with Gasteiger partial charge in [0.05, 0.1) is 28.8 Å². The van der Waals surface area contributed by atoms with Crippen LogP contribution in [0.1, 0.15) is 27.5 Å². The van der Waals surface area contributed by atoms with Crippen LogP contribution in [0, 0.1) is 17.5 Å². The molecule has 0 unspecified atom stereocenters. The molecule has 0 spiro atoms. The van der Waals surface area contributed by atoms with Crippen molar-refractivity contribution in [2.24, 2.45) is 0 Å². The smallest absolute Gasteiger partial charge is 0.253 e. The van der Waals surface area contributed by atoms with Gasteiger partial charge >= 0.3 is 0 Å². The molecule has 0 bridgehead atoms. The molecule has 31 heavy (non-hydrogen) atoms. The van der Waals surface area contributed by atoms with E-state index < -0.39 is 35.5 Å². The first-order chi connectivity index (χ1) is 14.9.